The zero-order chi connectivity index (χ0) is 14.4. The Kier molecular flexibility index (Phi) is 18.0. The van der Waals surface area contributed by atoms with E-state index in [2.05, 4.69) is 33.4 Å². The summed E-state index contributed by atoms with van der Waals surface area (Å²) in [4.78, 5) is 0. The summed E-state index contributed by atoms with van der Waals surface area (Å²) >= 11 is 0. The Balaban J connectivity index is 0. The molecule has 0 aliphatic rings. The van der Waals surface area contributed by atoms with E-state index in [-0.39, 0.29) is 12.4 Å². The van der Waals surface area contributed by atoms with E-state index < -0.39 is 7.26 Å². The van der Waals surface area contributed by atoms with Crippen molar-refractivity contribution in [3.05, 3.63) is 12.7 Å². The van der Waals surface area contributed by atoms with Crippen LogP contribution in [0.2, 0.25) is 0 Å². The van der Waals surface area contributed by atoms with Crippen LogP contribution in [0.25, 0.3) is 0 Å². The molecule has 0 nitrogen and oxygen atoms in total. The molecule has 0 heterocycles. The molecule has 0 bridgehead atoms. The molecular formula is C18H38ClP. The van der Waals surface area contributed by atoms with Crippen molar-refractivity contribution in [1.82, 2.24) is 0 Å². The molecule has 0 amide bonds. The quantitative estimate of drug-likeness (QED) is 0.260. The van der Waals surface area contributed by atoms with Gasteiger partial charge in [0.2, 0.25) is 0 Å². The zero-order valence-corrected chi connectivity index (χ0v) is 16.0. The lowest BCUT2D eigenvalue weighted by molar-refractivity contribution is -0.00000441. The van der Waals surface area contributed by atoms with Crippen molar-refractivity contribution in [2.75, 3.05) is 24.6 Å². The molecule has 0 saturated carbocycles. The molecule has 20 heavy (non-hydrogen) atoms. The summed E-state index contributed by atoms with van der Waals surface area (Å²) in [5.41, 5.74) is 0. The summed E-state index contributed by atoms with van der Waals surface area (Å²) in [6.45, 7) is 11.0. The van der Waals surface area contributed by atoms with E-state index in [0.29, 0.717) is 0 Å². The molecule has 0 saturated heterocycles. The summed E-state index contributed by atoms with van der Waals surface area (Å²) in [5, 5.41) is 0. The first kappa shape index (κ1) is 22.7. The maximum atomic E-state index is 4.06. The fraction of sp³-hybridized carbons (Fsp3) is 0.889. The van der Waals surface area contributed by atoms with Gasteiger partial charge in [0.1, 0.15) is 0 Å². The van der Waals surface area contributed by atoms with Gasteiger partial charge in [-0.05, 0) is 19.3 Å². The molecule has 0 aliphatic heterocycles. The standard InChI is InChI=1S/C18H38P.ClH/c1-5-9-12-16-19(15-8-4,17-13-10-6-2)18-14-11-7-3;/h8H,4-7,9-18H2,1-3H3;1H/q+1;/p-1. The molecule has 0 aromatic rings. The smallest absolute Gasteiger partial charge is 0.0771 e. The van der Waals surface area contributed by atoms with Crippen LogP contribution in [0, 0.1) is 0 Å². The van der Waals surface area contributed by atoms with E-state index in [1.807, 2.05) is 0 Å². The minimum Gasteiger partial charge on any atom is -1.00 e. The maximum Gasteiger partial charge on any atom is 0.0771 e. The Morgan fingerprint density at radius 1 is 0.700 bits per heavy atom. The molecular weight excluding hydrogens is 283 g/mol. The van der Waals surface area contributed by atoms with Crippen molar-refractivity contribution in [2.24, 2.45) is 0 Å². The highest BCUT2D eigenvalue weighted by Crippen LogP contribution is 2.60. The highest BCUT2D eigenvalue weighted by molar-refractivity contribution is 7.76. The van der Waals surface area contributed by atoms with Crippen LogP contribution in [0.1, 0.15) is 78.6 Å². The second-order valence-electron chi connectivity index (χ2n) is 6.11. The first-order chi connectivity index (χ1) is 9.24. The summed E-state index contributed by atoms with van der Waals surface area (Å²) in [6.07, 6.45) is 21.0. The summed E-state index contributed by atoms with van der Waals surface area (Å²) in [5.74, 6) is 0. The van der Waals surface area contributed by atoms with Gasteiger partial charge in [0.05, 0.1) is 24.6 Å². The van der Waals surface area contributed by atoms with Crippen LogP contribution < -0.4 is 12.4 Å². The van der Waals surface area contributed by atoms with Crippen LogP contribution in [-0.2, 0) is 0 Å². The van der Waals surface area contributed by atoms with E-state index in [1.165, 1.54) is 63.9 Å². The lowest BCUT2D eigenvalue weighted by Gasteiger charge is -2.27. The highest BCUT2D eigenvalue weighted by Gasteiger charge is 2.33. The molecule has 122 valence electrons. The number of allylic oxidation sites excluding steroid dienone is 1. The van der Waals surface area contributed by atoms with Gasteiger partial charge in [0.15, 0.2) is 0 Å². The van der Waals surface area contributed by atoms with Crippen LogP contribution in [-0.4, -0.2) is 24.6 Å². The topological polar surface area (TPSA) is 0 Å². The second-order valence-corrected chi connectivity index (χ2v) is 10.5. The Bertz CT molecular complexity index is 177. The van der Waals surface area contributed by atoms with Crippen molar-refractivity contribution in [1.29, 1.82) is 0 Å². The van der Waals surface area contributed by atoms with E-state index >= 15 is 0 Å². The fourth-order valence-electron chi connectivity index (χ4n) is 2.97. The average molecular weight is 321 g/mol. The van der Waals surface area contributed by atoms with Gasteiger partial charge in [-0.25, -0.2) is 0 Å². The molecule has 0 aromatic heterocycles. The number of hydrogen-bond donors (Lipinski definition) is 0. The van der Waals surface area contributed by atoms with Crippen LogP contribution in [0.5, 0.6) is 0 Å². The normalized spacial score (nSPS) is 11.2. The third-order valence-electron chi connectivity index (χ3n) is 4.22. The monoisotopic (exact) mass is 320 g/mol. The number of halogens is 1. The minimum atomic E-state index is -0.703. The van der Waals surface area contributed by atoms with Crippen molar-refractivity contribution in [3.8, 4) is 0 Å². The average Bonchev–Trinajstić information content (AvgIpc) is 2.40. The molecule has 0 N–H and O–H groups in total. The van der Waals surface area contributed by atoms with Gasteiger partial charge in [-0.3, -0.25) is 0 Å². The molecule has 2 heteroatoms. The van der Waals surface area contributed by atoms with Gasteiger partial charge in [0, 0.05) is 7.26 Å². The predicted octanol–water partition coefficient (Wildman–Crippen LogP) is 3.76. The van der Waals surface area contributed by atoms with Crippen molar-refractivity contribution >= 4 is 7.26 Å². The molecule has 0 rings (SSSR count). The van der Waals surface area contributed by atoms with Gasteiger partial charge in [-0.1, -0.05) is 72.0 Å². The first-order valence-electron chi connectivity index (χ1n) is 8.70. The largest absolute Gasteiger partial charge is 1.00 e. The third kappa shape index (κ3) is 11.2. The van der Waals surface area contributed by atoms with Crippen LogP contribution in [0.4, 0.5) is 0 Å². The lowest BCUT2D eigenvalue weighted by atomic mass is 10.3. The minimum absolute atomic E-state index is 0. The maximum absolute atomic E-state index is 4.06. The summed E-state index contributed by atoms with van der Waals surface area (Å²) < 4.78 is 0. The van der Waals surface area contributed by atoms with Crippen molar-refractivity contribution < 1.29 is 12.4 Å². The number of unbranched alkanes of at least 4 members (excludes halogenated alkanes) is 6. The molecule has 0 aromatic carbocycles. The van der Waals surface area contributed by atoms with E-state index in [4.69, 9.17) is 0 Å². The first-order valence-corrected chi connectivity index (χ1v) is 11.2. The fourth-order valence-corrected chi connectivity index (χ4v) is 7.42. The Labute approximate surface area is 135 Å². The molecule has 0 fully saturated rings. The highest BCUT2D eigenvalue weighted by atomic mass is 35.5. The van der Waals surface area contributed by atoms with Crippen LogP contribution in [0.3, 0.4) is 0 Å². The number of rotatable bonds is 14. The van der Waals surface area contributed by atoms with E-state index in [9.17, 15) is 0 Å². The third-order valence-corrected chi connectivity index (χ3v) is 9.05. The lowest BCUT2D eigenvalue weighted by Crippen LogP contribution is -3.00. The van der Waals surface area contributed by atoms with E-state index in [0.717, 1.165) is 0 Å². The Morgan fingerprint density at radius 2 is 1.05 bits per heavy atom. The SMILES string of the molecule is C=CC[P+](CCCCC)(CCCCC)CCCCC.[Cl-]. The van der Waals surface area contributed by atoms with E-state index in [1.54, 1.807) is 18.5 Å². The molecule has 0 spiro atoms. The molecule has 0 aliphatic carbocycles. The Morgan fingerprint density at radius 3 is 1.30 bits per heavy atom. The van der Waals surface area contributed by atoms with Gasteiger partial charge < -0.3 is 12.4 Å². The Hall–Kier alpha value is 0.460. The number of hydrogen-bond acceptors (Lipinski definition) is 0. The summed E-state index contributed by atoms with van der Waals surface area (Å²) in [7, 11) is -0.703. The van der Waals surface area contributed by atoms with Gasteiger partial charge in [0.25, 0.3) is 0 Å². The van der Waals surface area contributed by atoms with Gasteiger partial charge in [-0.15, -0.1) is 0 Å². The van der Waals surface area contributed by atoms with Crippen LogP contribution >= 0.6 is 7.26 Å². The van der Waals surface area contributed by atoms with Crippen LogP contribution in [0.15, 0.2) is 12.7 Å². The predicted molar refractivity (Wildman–Crippen MR) is 95.2 cm³/mol. The zero-order valence-electron chi connectivity index (χ0n) is 14.3. The van der Waals surface area contributed by atoms with Crippen molar-refractivity contribution in [2.45, 2.75) is 78.6 Å². The van der Waals surface area contributed by atoms with Gasteiger partial charge >= 0.3 is 0 Å². The summed E-state index contributed by atoms with van der Waals surface area (Å²) in [6, 6.07) is 0. The van der Waals surface area contributed by atoms with Gasteiger partial charge in [-0.2, -0.15) is 0 Å². The molecule has 0 radical (unpaired) electrons. The van der Waals surface area contributed by atoms with Crippen molar-refractivity contribution in [3.63, 3.8) is 0 Å². The molecule has 0 unspecified atom stereocenters. The second kappa shape index (κ2) is 15.8. The molecule has 0 atom stereocenters.